The molecule has 2 bridgehead atoms. The molecule has 1 spiro atoms. The molecule has 11 heteroatoms. The summed E-state index contributed by atoms with van der Waals surface area (Å²) in [7, 11) is 0. The zero-order chi connectivity index (χ0) is 23.8. The van der Waals surface area contributed by atoms with Crippen LogP contribution in [0.2, 0.25) is 0 Å². The van der Waals surface area contributed by atoms with E-state index in [0.717, 1.165) is 13.1 Å². The van der Waals surface area contributed by atoms with Crippen molar-refractivity contribution in [3.8, 4) is 0 Å². The van der Waals surface area contributed by atoms with Gasteiger partial charge in [-0.05, 0) is 19.8 Å². The van der Waals surface area contributed by atoms with Crippen molar-refractivity contribution in [2.24, 2.45) is 11.8 Å². The molecule has 4 fully saturated rings. The molecule has 10 nitrogen and oxygen atoms in total. The smallest absolute Gasteiger partial charge is 0.312 e. The number of esters is 1. The van der Waals surface area contributed by atoms with Crippen LogP contribution in [0.4, 0.5) is 0 Å². The third-order valence-electron chi connectivity index (χ3n) is 7.44. The molecule has 0 radical (unpaired) electrons. The molecule has 186 valence electrons. The molecule has 3 unspecified atom stereocenters. The van der Waals surface area contributed by atoms with Gasteiger partial charge in [-0.2, -0.15) is 0 Å². The molecule has 4 aliphatic rings. The van der Waals surface area contributed by atoms with Crippen LogP contribution in [0.1, 0.15) is 26.7 Å². The number of likely N-dealkylation sites (tertiary alicyclic amines) is 1. The number of nitrogens with zero attached hydrogens (tertiary/aromatic N) is 2. The molecule has 7 atom stereocenters. The first-order chi connectivity index (χ1) is 15.9. The van der Waals surface area contributed by atoms with E-state index in [0.29, 0.717) is 39.1 Å². The Kier molecular flexibility index (Phi) is 7.64. The van der Waals surface area contributed by atoms with Gasteiger partial charge in [0.25, 0.3) is 0 Å². The van der Waals surface area contributed by atoms with Crippen molar-refractivity contribution in [3.63, 3.8) is 0 Å². The fourth-order valence-corrected chi connectivity index (χ4v) is 6.88. The van der Waals surface area contributed by atoms with Gasteiger partial charge in [-0.25, -0.2) is 0 Å². The van der Waals surface area contributed by atoms with Crippen molar-refractivity contribution in [1.82, 2.24) is 15.1 Å². The summed E-state index contributed by atoms with van der Waals surface area (Å²) in [6.45, 7) is 7.60. The molecule has 2 amide bonds. The third-order valence-corrected chi connectivity index (χ3v) is 8.29. The first kappa shape index (κ1) is 24.8. The summed E-state index contributed by atoms with van der Waals surface area (Å²) in [6, 6.07) is -1.45. The number of alkyl halides is 1. The zero-order valence-electron chi connectivity index (χ0n) is 19.2. The largest absolute Gasteiger partial charge is 0.466 e. The van der Waals surface area contributed by atoms with Gasteiger partial charge in [0, 0.05) is 31.0 Å². The number of carbonyl (C=O) groups is 3. The van der Waals surface area contributed by atoms with E-state index in [1.165, 1.54) is 4.90 Å². The number of hydrogen-bond donors (Lipinski definition) is 2. The number of nitrogens with one attached hydrogen (secondary N) is 1. The van der Waals surface area contributed by atoms with Crippen molar-refractivity contribution >= 4 is 33.7 Å². The van der Waals surface area contributed by atoms with Gasteiger partial charge in [0.2, 0.25) is 11.8 Å². The second-order valence-electron chi connectivity index (χ2n) is 9.15. The van der Waals surface area contributed by atoms with Crippen molar-refractivity contribution < 1.29 is 33.7 Å². The first-order valence-corrected chi connectivity index (χ1v) is 12.8. The van der Waals surface area contributed by atoms with Crippen molar-refractivity contribution in [1.29, 1.82) is 0 Å². The maximum absolute atomic E-state index is 13.7. The minimum atomic E-state index is -1.13. The number of hydrogen-bond acceptors (Lipinski definition) is 8. The number of morpholine rings is 1. The second kappa shape index (κ2) is 10.2. The van der Waals surface area contributed by atoms with Crippen LogP contribution in [0, 0.1) is 11.8 Å². The summed E-state index contributed by atoms with van der Waals surface area (Å²) in [5.41, 5.74) is -1.13. The number of amides is 2. The van der Waals surface area contributed by atoms with Crippen LogP contribution in [0.15, 0.2) is 0 Å². The molecule has 0 saturated carbocycles. The Balaban J connectivity index is 1.59. The lowest BCUT2D eigenvalue weighted by atomic mass is 9.70. The quantitative estimate of drug-likeness (QED) is 0.302. The van der Waals surface area contributed by atoms with E-state index in [-0.39, 0.29) is 29.9 Å². The van der Waals surface area contributed by atoms with Crippen LogP contribution in [0.5, 0.6) is 0 Å². The van der Waals surface area contributed by atoms with E-state index in [2.05, 4.69) is 26.1 Å². The highest BCUT2D eigenvalue weighted by molar-refractivity contribution is 9.09. The summed E-state index contributed by atoms with van der Waals surface area (Å²) < 4.78 is 17.0. The molecule has 4 rings (SSSR count). The first-order valence-electron chi connectivity index (χ1n) is 11.9. The summed E-state index contributed by atoms with van der Waals surface area (Å²) in [5.74, 6) is -2.68. The van der Waals surface area contributed by atoms with Gasteiger partial charge in [0.15, 0.2) is 0 Å². The Hall–Kier alpha value is -1.27. The average Bonchev–Trinajstić information content (AvgIpc) is 3.39. The lowest BCUT2D eigenvalue weighted by Crippen LogP contribution is -2.58. The Morgan fingerprint density at radius 3 is 2.70 bits per heavy atom. The normalized spacial score (nSPS) is 36.7. The monoisotopic (exact) mass is 531 g/mol. The molecular formula is C22H34BrN3O7. The lowest BCUT2D eigenvalue weighted by molar-refractivity contribution is -0.155. The molecule has 4 aliphatic heterocycles. The number of aliphatic hydroxyl groups is 1. The molecule has 33 heavy (non-hydrogen) atoms. The number of aliphatic hydroxyl groups excluding tert-OH is 1. The van der Waals surface area contributed by atoms with E-state index < -0.39 is 41.6 Å². The standard InChI is InChI=1S/C22H34BrN3O7/c1-3-13(12-27)26-18(19(28)24-5-6-25-7-9-31-10-8-25)22-11-14(23)17(33-22)15(16(22)20(26)29)21(30)32-4-2/h13-18,27H,3-12H2,1-2H3,(H,24,28)/t13-,14?,15+,16-,17+,18?,22?/m0/s1. The molecule has 0 aliphatic carbocycles. The maximum atomic E-state index is 13.7. The fourth-order valence-electron chi connectivity index (χ4n) is 5.94. The van der Waals surface area contributed by atoms with Gasteiger partial charge >= 0.3 is 5.97 Å². The summed E-state index contributed by atoms with van der Waals surface area (Å²) in [4.78, 5) is 43.6. The molecule has 2 N–H and O–H groups in total. The summed E-state index contributed by atoms with van der Waals surface area (Å²) in [5, 5.41) is 13.0. The van der Waals surface area contributed by atoms with Crippen LogP contribution in [-0.2, 0) is 28.6 Å². The van der Waals surface area contributed by atoms with Crippen LogP contribution < -0.4 is 5.32 Å². The predicted octanol–water partition coefficient (Wildman–Crippen LogP) is -0.483. The zero-order valence-corrected chi connectivity index (χ0v) is 20.8. The van der Waals surface area contributed by atoms with E-state index in [1.54, 1.807) is 6.92 Å². The SMILES string of the molecule is CCOC(=O)[C@H]1[C@@H]2OC3(CC2Br)C(C(=O)NCCN2CCOCC2)N([C@@H](CC)CO)C(=O)[C@H]13. The molecule has 0 aromatic heterocycles. The van der Waals surface area contributed by atoms with Crippen molar-refractivity contribution in [3.05, 3.63) is 0 Å². The maximum Gasteiger partial charge on any atom is 0.312 e. The number of carbonyl (C=O) groups excluding carboxylic acids is 3. The van der Waals surface area contributed by atoms with Gasteiger partial charge in [-0.1, -0.05) is 22.9 Å². The van der Waals surface area contributed by atoms with Crippen LogP contribution >= 0.6 is 15.9 Å². The minimum Gasteiger partial charge on any atom is -0.466 e. The number of rotatable bonds is 9. The summed E-state index contributed by atoms with van der Waals surface area (Å²) >= 11 is 3.62. The molecule has 4 saturated heterocycles. The number of fused-ring (bicyclic) bond motifs is 1. The van der Waals surface area contributed by atoms with Crippen LogP contribution in [0.25, 0.3) is 0 Å². The Morgan fingerprint density at radius 1 is 1.33 bits per heavy atom. The highest BCUT2D eigenvalue weighted by atomic mass is 79.9. The molecule has 0 aromatic carbocycles. The highest BCUT2D eigenvalue weighted by Gasteiger charge is 2.77. The minimum absolute atomic E-state index is 0.172. The van der Waals surface area contributed by atoms with Gasteiger partial charge in [0.1, 0.15) is 11.6 Å². The average molecular weight is 532 g/mol. The summed E-state index contributed by atoms with van der Waals surface area (Å²) in [6.07, 6.45) is 0.385. The highest BCUT2D eigenvalue weighted by Crippen LogP contribution is 2.60. The predicted molar refractivity (Wildman–Crippen MR) is 121 cm³/mol. The van der Waals surface area contributed by atoms with Crippen molar-refractivity contribution in [2.45, 2.75) is 55.3 Å². The number of halogens is 1. The second-order valence-corrected chi connectivity index (χ2v) is 10.3. The Labute approximate surface area is 202 Å². The third kappa shape index (κ3) is 4.20. The Morgan fingerprint density at radius 2 is 2.06 bits per heavy atom. The van der Waals surface area contributed by atoms with E-state index in [9.17, 15) is 19.5 Å². The van der Waals surface area contributed by atoms with Gasteiger partial charge in [-0.3, -0.25) is 19.3 Å². The molecule has 4 heterocycles. The van der Waals surface area contributed by atoms with E-state index >= 15 is 0 Å². The van der Waals surface area contributed by atoms with Crippen LogP contribution in [0.3, 0.4) is 0 Å². The van der Waals surface area contributed by atoms with E-state index in [1.807, 2.05) is 6.92 Å². The van der Waals surface area contributed by atoms with Gasteiger partial charge in [-0.15, -0.1) is 0 Å². The van der Waals surface area contributed by atoms with Gasteiger partial charge in [0.05, 0.1) is 50.4 Å². The van der Waals surface area contributed by atoms with Crippen molar-refractivity contribution in [2.75, 3.05) is 52.6 Å². The fraction of sp³-hybridized carbons (Fsp3) is 0.864. The number of ether oxygens (including phenoxy) is 3. The topological polar surface area (TPSA) is 118 Å². The van der Waals surface area contributed by atoms with Crippen LogP contribution in [-0.4, -0.2) is 114 Å². The molecular weight excluding hydrogens is 498 g/mol. The Bertz CT molecular complexity index is 760. The van der Waals surface area contributed by atoms with E-state index in [4.69, 9.17) is 14.2 Å². The molecule has 0 aromatic rings. The van der Waals surface area contributed by atoms with Gasteiger partial charge < -0.3 is 29.5 Å². The lowest BCUT2D eigenvalue weighted by Gasteiger charge is -2.36.